The number of amides is 1. The number of nitrogens with one attached hydrogen (secondary N) is 1. The lowest BCUT2D eigenvalue weighted by Crippen LogP contribution is -2.28. The molecule has 1 unspecified atom stereocenters. The topological polar surface area (TPSA) is 59.3 Å². The van der Waals surface area contributed by atoms with Crippen molar-refractivity contribution in [3.8, 4) is 0 Å². The van der Waals surface area contributed by atoms with Gasteiger partial charge in [0.2, 0.25) is 11.7 Å². The van der Waals surface area contributed by atoms with Crippen LogP contribution in [0, 0.1) is 0 Å². The number of thiophene rings is 1. The lowest BCUT2D eigenvalue weighted by Gasteiger charge is -2.15. The summed E-state index contributed by atoms with van der Waals surface area (Å²) < 4.78 is 5.14. The van der Waals surface area contributed by atoms with E-state index in [0.717, 1.165) is 16.9 Å². The van der Waals surface area contributed by atoms with Gasteiger partial charge in [-0.15, -0.1) is 11.3 Å². The monoisotopic (exact) mass is 353 g/mol. The Kier molecular flexibility index (Phi) is 5.46. The Balaban J connectivity index is 1.62. The maximum atomic E-state index is 12.5. The molecule has 0 spiro atoms. The normalized spacial score (nSPS) is 11.9. The number of hydrogen-bond acceptors (Lipinski definition) is 4. The van der Waals surface area contributed by atoms with E-state index in [4.69, 9.17) is 4.42 Å². The summed E-state index contributed by atoms with van der Waals surface area (Å²) >= 11 is 1.37. The fourth-order valence-electron chi connectivity index (χ4n) is 2.68. The minimum Gasteiger partial charge on any atom is -0.461 e. The van der Waals surface area contributed by atoms with E-state index >= 15 is 0 Å². The fourth-order valence-corrected chi connectivity index (χ4v) is 3.57. The average Bonchev–Trinajstić information content (AvgIpc) is 3.33. The van der Waals surface area contributed by atoms with Crippen molar-refractivity contribution in [3.63, 3.8) is 0 Å². The molecular weight excluding hydrogens is 334 g/mol. The summed E-state index contributed by atoms with van der Waals surface area (Å²) in [6.07, 6.45) is 2.22. The zero-order valence-electron chi connectivity index (χ0n) is 13.9. The SMILES string of the molecule is CCC(C(=O)NCc1ccc(C(=O)c2ccco2)s1)c1ccccc1. The van der Waals surface area contributed by atoms with Crippen LogP contribution in [0.15, 0.2) is 65.3 Å². The lowest BCUT2D eigenvalue weighted by atomic mass is 9.96. The molecule has 25 heavy (non-hydrogen) atoms. The highest BCUT2D eigenvalue weighted by Gasteiger charge is 2.19. The summed E-state index contributed by atoms with van der Waals surface area (Å²) in [5.74, 6) is 0.0299. The highest BCUT2D eigenvalue weighted by Crippen LogP contribution is 2.22. The van der Waals surface area contributed by atoms with E-state index < -0.39 is 0 Å². The van der Waals surface area contributed by atoms with Gasteiger partial charge >= 0.3 is 0 Å². The highest BCUT2D eigenvalue weighted by molar-refractivity contribution is 7.14. The molecule has 0 radical (unpaired) electrons. The summed E-state index contributed by atoms with van der Waals surface area (Å²) in [7, 11) is 0. The molecule has 0 aliphatic carbocycles. The summed E-state index contributed by atoms with van der Waals surface area (Å²) in [4.78, 5) is 26.3. The molecule has 1 atom stereocenters. The first-order valence-corrected chi connectivity index (χ1v) is 9.00. The molecule has 3 rings (SSSR count). The smallest absolute Gasteiger partial charge is 0.238 e. The maximum Gasteiger partial charge on any atom is 0.238 e. The van der Waals surface area contributed by atoms with E-state index in [1.165, 1.54) is 17.6 Å². The quantitative estimate of drug-likeness (QED) is 0.641. The minimum absolute atomic E-state index is 0.000936. The van der Waals surface area contributed by atoms with Crippen molar-refractivity contribution in [1.82, 2.24) is 5.32 Å². The number of carbonyl (C=O) groups excluding carboxylic acids is 2. The van der Waals surface area contributed by atoms with Gasteiger partial charge in [0.1, 0.15) is 0 Å². The van der Waals surface area contributed by atoms with E-state index in [1.807, 2.05) is 43.3 Å². The molecule has 0 aliphatic rings. The van der Waals surface area contributed by atoms with Crippen molar-refractivity contribution in [1.29, 1.82) is 0 Å². The summed E-state index contributed by atoms with van der Waals surface area (Å²) in [6.45, 7) is 2.42. The number of hydrogen-bond donors (Lipinski definition) is 1. The standard InChI is InChI=1S/C20H19NO3S/c1-2-16(14-7-4-3-5-8-14)20(23)21-13-15-10-11-18(25-15)19(22)17-9-6-12-24-17/h3-12,16H,2,13H2,1H3,(H,21,23). The van der Waals surface area contributed by atoms with Crippen LogP contribution in [0.1, 0.15) is 45.1 Å². The van der Waals surface area contributed by atoms with Crippen LogP contribution >= 0.6 is 11.3 Å². The largest absolute Gasteiger partial charge is 0.461 e. The van der Waals surface area contributed by atoms with E-state index in [0.29, 0.717) is 17.2 Å². The average molecular weight is 353 g/mol. The summed E-state index contributed by atoms with van der Waals surface area (Å²) in [5, 5.41) is 2.97. The Hall–Kier alpha value is -2.66. The molecule has 5 heteroatoms. The third-order valence-electron chi connectivity index (χ3n) is 3.99. The van der Waals surface area contributed by atoms with Gasteiger partial charge in [-0.3, -0.25) is 9.59 Å². The molecule has 1 N–H and O–H groups in total. The second kappa shape index (κ2) is 7.94. The first kappa shape index (κ1) is 17.2. The predicted molar refractivity (Wildman–Crippen MR) is 97.8 cm³/mol. The van der Waals surface area contributed by atoms with Gasteiger partial charge in [0.15, 0.2) is 5.76 Å². The molecule has 0 fully saturated rings. The molecule has 4 nitrogen and oxygen atoms in total. The molecular formula is C20H19NO3S. The number of benzene rings is 1. The van der Waals surface area contributed by atoms with Gasteiger partial charge < -0.3 is 9.73 Å². The van der Waals surface area contributed by atoms with Crippen LogP contribution in [-0.4, -0.2) is 11.7 Å². The van der Waals surface area contributed by atoms with Crippen LogP contribution in [0.25, 0.3) is 0 Å². The first-order valence-electron chi connectivity index (χ1n) is 8.18. The van der Waals surface area contributed by atoms with Crippen molar-refractivity contribution in [3.05, 3.63) is 81.9 Å². The zero-order valence-corrected chi connectivity index (χ0v) is 14.7. The molecule has 1 aromatic carbocycles. The van der Waals surface area contributed by atoms with Gasteiger partial charge in [0.25, 0.3) is 0 Å². The third kappa shape index (κ3) is 4.06. The van der Waals surface area contributed by atoms with E-state index in [2.05, 4.69) is 5.32 Å². The number of furan rings is 1. The minimum atomic E-state index is -0.162. The lowest BCUT2D eigenvalue weighted by molar-refractivity contribution is -0.122. The third-order valence-corrected chi connectivity index (χ3v) is 5.08. The molecule has 128 valence electrons. The molecule has 2 aromatic heterocycles. The molecule has 2 heterocycles. The Bertz CT molecular complexity index is 837. The molecule has 0 bridgehead atoms. The van der Waals surface area contributed by atoms with Crippen molar-refractivity contribution in [2.75, 3.05) is 0 Å². The van der Waals surface area contributed by atoms with Gasteiger partial charge in [-0.1, -0.05) is 37.3 Å². The number of carbonyl (C=O) groups is 2. The van der Waals surface area contributed by atoms with Crippen LogP contribution in [0.4, 0.5) is 0 Å². The Morgan fingerprint density at radius 1 is 1.08 bits per heavy atom. The van der Waals surface area contributed by atoms with Crippen LogP contribution in [-0.2, 0) is 11.3 Å². The van der Waals surface area contributed by atoms with E-state index in [1.54, 1.807) is 18.2 Å². The Morgan fingerprint density at radius 2 is 1.88 bits per heavy atom. The highest BCUT2D eigenvalue weighted by atomic mass is 32.1. The van der Waals surface area contributed by atoms with Crippen molar-refractivity contribution >= 4 is 23.0 Å². The van der Waals surface area contributed by atoms with Crippen LogP contribution < -0.4 is 5.32 Å². The summed E-state index contributed by atoms with van der Waals surface area (Å²) in [5.41, 5.74) is 1.02. The predicted octanol–water partition coefficient (Wildman–Crippen LogP) is 4.38. The molecule has 3 aromatic rings. The molecule has 0 aliphatic heterocycles. The first-order chi connectivity index (χ1) is 12.2. The Morgan fingerprint density at radius 3 is 2.56 bits per heavy atom. The van der Waals surface area contributed by atoms with E-state index in [9.17, 15) is 9.59 Å². The second-order valence-corrected chi connectivity index (χ2v) is 6.83. The zero-order chi connectivity index (χ0) is 17.6. The second-order valence-electron chi connectivity index (χ2n) is 5.66. The number of ketones is 1. The van der Waals surface area contributed by atoms with Gasteiger partial charge in [-0.2, -0.15) is 0 Å². The molecule has 0 saturated heterocycles. The van der Waals surface area contributed by atoms with Crippen molar-refractivity contribution in [2.24, 2.45) is 0 Å². The van der Waals surface area contributed by atoms with E-state index in [-0.39, 0.29) is 17.6 Å². The Labute approximate surface area is 150 Å². The van der Waals surface area contributed by atoms with Crippen LogP contribution in [0.3, 0.4) is 0 Å². The maximum absolute atomic E-state index is 12.5. The van der Waals surface area contributed by atoms with Gasteiger partial charge in [-0.25, -0.2) is 0 Å². The number of rotatable bonds is 7. The molecule has 0 saturated carbocycles. The molecule has 1 amide bonds. The van der Waals surface area contributed by atoms with Crippen LogP contribution in [0.5, 0.6) is 0 Å². The summed E-state index contributed by atoms with van der Waals surface area (Å²) in [6, 6.07) is 16.7. The van der Waals surface area contributed by atoms with Gasteiger partial charge in [-0.05, 0) is 36.2 Å². The van der Waals surface area contributed by atoms with Crippen molar-refractivity contribution < 1.29 is 14.0 Å². The van der Waals surface area contributed by atoms with Gasteiger partial charge in [0.05, 0.1) is 23.6 Å². The van der Waals surface area contributed by atoms with Crippen molar-refractivity contribution in [2.45, 2.75) is 25.8 Å². The fraction of sp³-hybridized carbons (Fsp3) is 0.200. The van der Waals surface area contributed by atoms with Crippen LogP contribution in [0.2, 0.25) is 0 Å². The van der Waals surface area contributed by atoms with Gasteiger partial charge in [0, 0.05) is 4.88 Å².